The molecule has 3 heterocycles. The Bertz CT molecular complexity index is 1640. The highest BCUT2D eigenvalue weighted by Gasteiger charge is 2.27. The summed E-state index contributed by atoms with van der Waals surface area (Å²) in [5, 5.41) is 0.888. The highest BCUT2D eigenvalue weighted by Crippen LogP contribution is 2.30. The van der Waals surface area contributed by atoms with Gasteiger partial charge in [-0.1, -0.05) is 24.3 Å². The molecule has 1 fully saturated rings. The third-order valence-electron chi connectivity index (χ3n) is 6.28. The number of rotatable bonds is 6. The van der Waals surface area contributed by atoms with Crippen molar-refractivity contribution in [3.63, 3.8) is 0 Å². The molecule has 1 aliphatic rings. The van der Waals surface area contributed by atoms with Gasteiger partial charge in [-0.3, -0.25) is 14.6 Å². The molecule has 2 N–H and O–H groups in total. The van der Waals surface area contributed by atoms with Crippen LogP contribution in [0.5, 0.6) is 0 Å². The second-order valence-corrected chi connectivity index (χ2v) is 11.0. The first kappa shape index (κ1) is 24.4. The Balaban J connectivity index is 1.59. The number of nitrogens with zero attached hydrogens (tertiary/aromatic N) is 4. The van der Waals surface area contributed by atoms with Crippen LogP contribution in [-0.4, -0.2) is 43.0 Å². The van der Waals surface area contributed by atoms with E-state index in [1.165, 1.54) is 17.2 Å². The van der Waals surface area contributed by atoms with Gasteiger partial charge in [0.25, 0.3) is 5.91 Å². The molecule has 1 aliphatic heterocycles. The molecule has 0 bridgehead atoms. The van der Waals surface area contributed by atoms with Gasteiger partial charge < -0.3 is 15.5 Å². The number of fused-ring (bicyclic) bond motifs is 1. The van der Waals surface area contributed by atoms with Crippen molar-refractivity contribution in [1.82, 2.24) is 9.97 Å². The number of amides is 2. The lowest BCUT2D eigenvalue weighted by molar-refractivity contribution is -0.117. The minimum absolute atomic E-state index is 0.0198. The largest absolute Gasteiger partial charge is 0.384 e. The van der Waals surface area contributed by atoms with Crippen molar-refractivity contribution in [3.8, 4) is 0 Å². The lowest BCUT2D eigenvalue weighted by Crippen LogP contribution is -2.32. The van der Waals surface area contributed by atoms with Gasteiger partial charge in [-0.05, 0) is 48.4 Å². The molecule has 0 spiro atoms. The Hall–Kier alpha value is -4.31. The van der Waals surface area contributed by atoms with E-state index in [2.05, 4.69) is 9.97 Å². The number of hydrogen-bond donors (Lipinski definition) is 1. The molecule has 2 aromatic heterocycles. The number of nitrogens with two attached hydrogens (primary N) is 1. The van der Waals surface area contributed by atoms with Gasteiger partial charge in [0.2, 0.25) is 5.91 Å². The van der Waals surface area contributed by atoms with Crippen LogP contribution in [0.1, 0.15) is 28.8 Å². The molecule has 4 aromatic rings. The normalized spacial score (nSPS) is 13.8. The summed E-state index contributed by atoms with van der Waals surface area (Å²) in [6.07, 6.45) is 5.27. The molecule has 2 amide bonds. The first-order valence-electron chi connectivity index (χ1n) is 11.7. The molecule has 5 rings (SSSR count). The highest BCUT2D eigenvalue weighted by atomic mass is 32.2. The summed E-state index contributed by atoms with van der Waals surface area (Å²) in [5.41, 5.74) is 8.28. The van der Waals surface area contributed by atoms with E-state index in [-0.39, 0.29) is 28.6 Å². The minimum atomic E-state index is -3.65. The van der Waals surface area contributed by atoms with Gasteiger partial charge in [0.05, 0.1) is 40.1 Å². The van der Waals surface area contributed by atoms with Crippen molar-refractivity contribution in [3.05, 3.63) is 84.2 Å². The summed E-state index contributed by atoms with van der Waals surface area (Å²) in [5.74, 6) is -0.0919. The number of para-hydroxylation sites is 1. The van der Waals surface area contributed by atoms with Gasteiger partial charge in [-0.2, -0.15) is 0 Å². The van der Waals surface area contributed by atoms with Crippen molar-refractivity contribution in [2.24, 2.45) is 0 Å². The second kappa shape index (κ2) is 9.62. The molecule has 1 saturated heterocycles. The average molecular weight is 516 g/mol. The van der Waals surface area contributed by atoms with Crippen LogP contribution in [0.2, 0.25) is 0 Å². The van der Waals surface area contributed by atoms with E-state index in [1.807, 2.05) is 24.3 Å². The summed E-state index contributed by atoms with van der Waals surface area (Å²) < 4.78 is 25.3. The molecular weight excluding hydrogens is 490 g/mol. The van der Waals surface area contributed by atoms with Crippen LogP contribution in [0.25, 0.3) is 10.9 Å². The predicted octanol–water partition coefficient (Wildman–Crippen LogP) is 3.59. The van der Waals surface area contributed by atoms with Crippen LogP contribution in [-0.2, 0) is 21.2 Å². The van der Waals surface area contributed by atoms with Gasteiger partial charge in [0, 0.05) is 30.8 Å². The Kier molecular flexibility index (Phi) is 6.34. The van der Waals surface area contributed by atoms with Crippen molar-refractivity contribution >= 4 is 49.7 Å². The summed E-state index contributed by atoms with van der Waals surface area (Å²) in [6, 6.07) is 17.1. The van der Waals surface area contributed by atoms with Crippen LogP contribution < -0.4 is 15.5 Å². The van der Waals surface area contributed by atoms with E-state index in [0.29, 0.717) is 30.0 Å². The molecule has 188 valence electrons. The molecule has 0 saturated carbocycles. The molecule has 0 radical (unpaired) electrons. The van der Waals surface area contributed by atoms with Crippen molar-refractivity contribution in [1.29, 1.82) is 0 Å². The summed E-state index contributed by atoms with van der Waals surface area (Å²) in [7, 11) is -3.65. The topological polar surface area (TPSA) is 127 Å². The van der Waals surface area contributed by atoms with Gasteiger partial charge in [-0.25, -0.2) is 13.4 Å². The van der Waals surface area contributed by atoms with E-state index in [4.69, 9.17) is 5.73 Å². The van der Waals surface area contributed by atoms with Gasteiger partial charge in [0.1, 0.15) is 5.82 Å². The zero-order valence-electron chi connectivity index (χ0n) is 20.2. The fraction of sp³-hybridized carbons (Fsp3) is 0.185. The molecule has 10 heteroatoms. The van der Waals surface area contributed by atoms with Crippen LogP contribution >= 0.6 is 0 Å². The van der Waals surface area contributed by atoms with Crippen LogP contribution in [0.15, 0.2) is 78.0 Å². The van der Waals surface area contributed by atoms with E-state index >= 15 is 0 Å². The Labute approximate surface area is 214 Å². The van der Waals surface area contributed by atoms with E-state index < -0.39 is 15.7 Å². The van der Waals surface area contributed by atoms with Crippen LogP contribution in [0.3, 0.4) is 0 Å². The number of nitrogen functional groups attached to an aromatic ring is 1. The number of benzene rings is 2. The molecule has 0 unspecified atom stereocenters. The number of aromatic nitrogens is 2. The average Bonchev–Trinajstić information content (AvgIpc) is 3.32. The number of carbonyl (C=O) groups excluding carboxylic acids is 2. The van der Waals surface area contributed by atoms with Crippen molar-refractivity contribution in [2.45, 2.75) is 24.3 Å². The second-order valence-electron chi connectivity index (χ2n) is 8.98. The lowest BCUT2D eigenvalue weighted by atomic mass is 10.1. The monoisotopic (exact) mass is 515 g/mol. The summed E-state index contributed by atoms with van der Waals surface area (Å²) in [4.78, 5) is 37.8. The third-order valence-corrected chi connectivity index (χ3v) is 7.42. The number of carbonyl (C=O) groups is 2. The number of hydrogen-bond acceptors (Lipinski definition) is 7. The highest BCUT2D eigenvalue weighted by molar-refractivity contribution is 7.90. The molecule has 37 heavy (non-hydrogen) atoms. The smallest absolute Gasteiger partial charge is 0.260 e. The Morgan fingerprint density at radius 2 is 1.86 bits per heavy atom. The first-order chi connectivity index (χ1) is 17.7. The first-order valence-corrected chi connectivity index (χ1v) is 13.6. The number of sulfone groups is 1. The molecule has 0 aliphatic carbocycles. The molecule has 0 atom stereocenters. The zero-order chi connectivity index (χ0) is 26.2. The predicted molar refractivity (Wildman–Crippen MR) is 142 cm³/mol. The standard InChI is InChI=1S/C27H25N5O4S/c1-37(35,36)24-6-3-2-5-23(24)32(17-18-8-9-19-10-11-25(28)30-22(19)13-18)27(34)20-14-21(16-29-15-20)31-12-4-7-26(31)33/h2-3,5-6,8-11,13-16H,4,7,12,17H2,1H3,(H2,28,30). The van der Waals surface area contributed by atoms with Crippen molar-refractivity contribution < 1.29 is 18.0 Å². The molecular formula is C27H25N5O4S. The van der Waals surface area contributed by atoms with E-state index in [9.17, 15) is 18.0 Å². The third kappa shape index (κ3) is 5.01. The zero-order valence-corrected chi connectivity index (χ0v) is 21.0. The number of anilines is 3. The quantitative estimate of drug-likeness (QED) is 0.416. The molecule has 2 aromatic carbocycles. The van der Waals surface area contributed by atoms with Crippen molar-refractivity contribution in [2.75, 3.05) is 28.3 Å². The van der Waals surface area contributed by atoms with Crippen LogP contribution in [0.4, 0.5) is 17.2 Å². The van der Waals surface area contributed by atoms with Gasteiger partial charge in [0.15, 0.2) is 9.84 Å². The summed E-state index contributed by atoms with van der Waals surface area (Å²) in [6.45, 7) is 0.636. The maximum atomic E-state index is 13.9. The fourth-order valence-electron chi connectivity index (χ4n) is 4.49. The van der Waals surface area contributed by atoms with E-state index in [1.54, 1.807) is 41.4 Å². The maximum absolute atomic E-state index is 13.9. The minimum Gasteiger partial charge on any atom is -0.384 e. The van der Waals surface area contributed by atoms with E-state index in [0.717, 1.165) is 23.6 Å². The Morgan fingerprint density at radius 3 is 2.62 bits per heavy atom. The SMILES string of the molecule is CS(=O)(=O)c1ccccc1N(Cc1ccc2ccc(N)nc2c1)C(=O)c1cncc(N2CCCC2=O)c1. The van der Waals surface area contributed by atoms with Gasteiger partial charge >= 0.3 is 0 Å². The Morgan fingerprint density at radius 1 is 1.08 bits per heavy atom. The fourth-order valence-corrected chi connectivity index (χ4v) is 5.37. The van der Waals surface area contributed by atoms with Crippen LogP contribution in [0, 0.1) is 0 Å². The maximum Gasteiger partial charge on any atom is 0.260 e. The van der Waals surface area contributed by atoms with Gasteiger partial charge in [-0.15, -0.1) is 0 Å². The number of pyridine rings is 2. The molecule has 9 nitrogen and oxygen atoms in total. The lowest BCUT2D eigenvalue weighted by Gasteiger charge is -2.26. The summed E-state index contributed by atoms with van der Waals surface area (Å²) >= 11 is 0.